The molecule has 0 aliphatic heterocycles. The molecule has 0 spiro atoms. The van der Waals surface area contributed by atoms with Gasteiger partial charge in [0.05, 0.1) is 5.02 Å². The minimum absolute atomic E-state index is 0.0133. The van der Waals surface area contributed by atoms with E-state index in [0.29, 0.717) is 18.5 Å². The van der Waals surface area contributed by atoms with E-state index in [4.69, 9.17) is 29.6 Å². The zero-order valence-electron chi connectivity index (χ0n) is 10.9. The highest BCUT2D eigenvalue weighted by atomic mass is 35.5. The summed E-state index contributed by atoms with van der Waals surface area (Å²) in [5, 5.41) is 2.09. The summed E-state index contributed by atoms with van der Waals surface area (Å²) in [7, 11) is -3.69. The summed E-state index contributed by atoms with van der Waals surface area (Å²) in [5.41, 5.74) is 5.98. The van der Waals surface area contributed by atoms with Crippen LogP contribution in [0.25, 0.3) is 0 Å². The first-order valence-electron chi connectivity index (χ1n) is 6.01. The second-order valence-electron chi connectivity index (χ2n) is 4.24. The van der Waals surface area contributed by atoms with Crippen LogP contribution in [-0.2, 0) is 16.4 Å². The molecule has 2 aromatic rings. The molecule has 112 valence electrons. The Morgan fingerprint density at radius 3 is 2.76 bits per heavy atom. The smallest absolute Gasteiger partial charge is 0.242 e. The first-order valence-corrected chi connectivity index (χ1v) is 9.16. The largest absolute Gasteiger partial charge is 0.389 e. The number of nitrogens with two attached hydrogens (primary N) is 1. The Hall–Kier alpha value is -0.990. The first kappa shape index (κ1) is 16.4. The number of benzene rings is 1. The highest BCUT2D eigenvalue weighted by Crippen LogP contribution is 2.22. The number of thiocarbonyl (C=S) groups is 1. The van der Waals surface area contributed by atoms with Crippen molar-refractivity contribution < 1.29 is 8.42 Å². The second-order valence-corrected chi connectivity index (χ2v) is 7.85. The van der Waals surface area contributed by atoms with Crippen molar-refractivity contribution in [2.45, 2.75) is 11.3 Å². The predicted molar refractivity (Wildman–Crippen MR) is 90.6 cm³/mol. The molecule has 0 fully saturated rings. The van der Waals surface area contributed by atoms with E-state index in [1.807, 2.05) is 17.5 Å². The van der Waals surface area contributed by atoms with E-state index in [0.717, 1.165) is 4.88 Å². The topological polar surface area (TPSA) is 72.2 Å². The van der Waals surface area contributed by atoms with Gasteiger partial charge in [-0.25, -0.2) is 13.1 Å². The quantitative estimate of drug-likeness (QED) is 0.776. The maximum Gasteiger partial charge on any atom is 0.242 e. The van der Waals surface area contributed by atoms with Crippen LogP contribution >= 0.6 is 35.2 Å². The fraction of sp³-hybridized carbons (Fsp3) is 0.154. The molecule has 21 heavy (non-hydrogen) atoms. The van der Waals surface area contributed by atoms with Gasteiger partial charge in [-0.15, -0.1) is 11.3 Å². The van der Waals surface area contributed by atoms with E-state index in [9.17, 15) is 8.42 Å². The molecule has 0 bridgehead atoms. The van der Waals surface area contributed by atoms with Crippen molar-refractivity contribution in [1.29, 1.82) is 0 Å². The number of halogens is 1. The molecule has 0 aliphatic carbocycles. The Bertz CT molecular complexity index is 743. The minimum Gasteiger partial charge on any atom is -0.389 e. The van der Waals surface area contributed by atoms with Crippen molar-refractivity contribution in [1.82, 2.24) is 4.72 Å². The Morgan fingerprint density at radius 1 is 1.38 bits per heavy atom. The van der Waals surface area contributed by atoms with Crippen molar-refractivity contribution in [3.05, 3.63) is 51.2 Å². The fourth-order valence-corrected chi connectivity index (χ4v) is 4.10. The Labute approximate surface area is 138 Å². The average molecular weight is 361 g/mol. The summed E-state index contributed by atoms with van der Waals surface area (Å²) in [6, 6.07) is 8.34. The van der Waals surface area contributed by atoms with Gasteiger partial charge >= 0.3 is 0 Å². The third-order valence-electron chi connectivity index (χ3n) is 2.75. The summed E-state index contributed by atoms with van der Waals surface area (Å²) in [5.74, 6) is 0. The van der Waals surface area contributed by atoms with E-state index in [1.54, 1.807) is 17.4 Å². The van der Waals surface area contributed by atoms with Gasteiger partial charge in [0, 0.05) is 17.0 Å². The lowest BCUT2D eigenvalue weighted by molar-refractivity contribution is 0.582. The number of hydrogen-bond acceptors (Lipinski definition) is 4. The number of nitrogens with one attached hydrogen (secondary N) is 1. The van der Waals surface area contributed by atoms with Crippen molar-refractivity contribution in [3.63, 3.8) is 0 Å². The zero-order chi connectivity index (χ0) is 15.5. The highest BCUT2D eigenvalue weighted by Gasteiger charge is 2.18. The van der Waals surface area contributed by atoms with Crippen LogP contribution in [0.3, 0.4) is 0 Å². The molecule has 1 aromatic heterocycles. The van der Waals surface area contributed by atoms with E-state index in [1.165, 1.54) is 12.1 Å². The highest BCUT2D eigenvalue weighted by molar-refractivity contribution is 7.89. The van der Waals surface area contributed by atoms with Gasteiger partial charge in [-0.05, 0) is 30.0 Å². The van der Waals surface area contributed by atoms with Gasteiger partial charge in [0.1, 0.15) is 9.88 Å². The van der Waals surface area contributed by atoms with E-state index in [2.05, 4.69) is 4.72 Å². The van der Waals surface area contributed by atoms with E-state index >= 15 is 0 Å². The van der Waals surface area contributed by atoms with E-state index in [-0.39, 0.29) is 14.9 Å². The van der Waals surface area contributed by atoms with Gasteiger partial charge in [-0.3, -0.25) is 0 Å². The van der Waals surface area contributed by atoms with Gasteiger partial charge in [0.2, 0.25) is 10.0 Å². The molecule has 4 nitrogen and oxygen atoms in total. The third-order valence-corrected chi connectivity index (χ3v) is 5.86. The fourth-order valence-electron chi connectivity index (χ4n) is 1.70. The van der Waals surface area contributed by atoms with Crippen LogP contribution in [0.15, 0.2) is 40.6 Å². The number of rotatable bonds is 6. The van der Waals surface area contributed by atoms with Crippen molar-refractivity contribution >= 4 is 50.2 Å². The molecular formula is C13H13ClN2O2S3. The Morgan fingerprint density at radius 2 is 2.14 bits per heavy atom. The molecule has 2 rings (SSSR count). The lowest BCUT2D eigenvalue weighted by Crippen LogP contribution is -2.26. The number of sulfonamides is 1. The Kier molecular flexibility index (Phi) is 5.34. The van der Waals surface area contributed by atoms with Crippen molar-refractivity contribution in [3.8, 4) is 0 Å². The van der Waals surface area contributed by atoms with Crippen LogP contribution in [0.4, 0.5) is 0 Å². The lowest BCUT2D eigenvalue weighted by Gasteiger charge is -2.09. The van der Waals surface area contributed by atoms with Gasteiger partial charge in [0.15, 0.2) is 0 Å². The molecular weight excluding hydrogens is 348 g/mol. The van der Waals surface area contributed by atoms with Crippen LogP contribution in [0, 0.1) is 0 Å². The van der Waals surface area contributed by atoms with Crippen molar-refractivity contribution in [2.24, 2.45) is 5.73 Å². The number of hydrogen-bond donors (Lipinski definition) is 2. The molecule has 0 saturated carbocycles. The van der Waals surface area contributed by atoms with Gasteiger partial charge in [0.25, 0.3) is 0 Å². The zero-order valence-corrected chi connectivity index (χ0v) is 14.1. The van der Waals surface area contributed by atoms with Crippen LogP contribution < -0.4 is 10.5 Å². The SMILES string of the molecule is NC(=S)c1ccc(Cl)c(S(=O)(=O)NCCc2cccs2)c1. The minimum atomic E-state index is -3.69. The molecule has 8 heteroatoms. The monoisotopic (exact) mass is 360 g/mol. The van der Waals surface area contributed by atoms with Gasteiger partial charge < -0.3 is 5.73 Å². The van der Waals surface area contributed by atoms with Crippen LogP contribution in [0.5, 0.6) is 0 Å². The summed E-state index contributed by atoms with van der Waals surface area (Å²) < 4.78 is 27.1. The van der Waals surface area contributed by atoms with Crippen molar-refractivity contribution in [2.75, 3.05) is 6.54 Å². The summed E-state index contributed by atoms with van der Waals surface area (Å²) in [6.45, 7) is 0.302. The Balaban J connectivity index is 2.15. The van der Waals surface area contributed by atoms with Crippen LogP contribution in [-0.4, -0.2) is 20.0 Å². The molecule has 1 heterocycles. The normalized spacial score (nSPS) is 11.5. The third kappa shape index (κ3) is 4.24. The first-order chi connectivity index (χ1) is 9.90. The maximum absolute atomic E-state index is 12.3. The predicted octanol–water partition coefficient (Wildman–Crippen LogP) is 2.56. The van der Waals surface area contributed by atoms with Crippen LogP contribution in [0.1, 0.15) is 10.4 Å². The van der Waals surface area contributed by atoms with Gasteiger partial charge in [-0.1, -0.05) is 36.0 Å². The average Bonchev–Trinajstić information content (AvgIpc) is 2.91. The van der Waals surface area contributed by atoms with Gasteiger partial charge in [-0.2, -0.15) is 0 Å². The van der Waals surface area contributed by atoms with E-state index < -0.39 is 10.0 Å². The standard InChI is InChI=1S/C13H13ClN2O2S3/c14-11-4-3-9(13(15)19)8-12(11)21(17,18)16-6-5-10-2-1-7-20-10/h1-4,7-8,16H,5-6H2,(H2,15,19). The molecule has 0 aliphatic rings. The molecule has 0 atom stereocenters. The maximum atomic E-state index is 12.3. The molecule has 0 radical (unpaired) electrons. The summed E-state index contributed by atoms with van der Waals surface area (Å²) in [6.07, 6.45) is 0.628. The summed E-state index contributed by atoms with van der Waals surface area (Å²) in [4.78, 5) is 1.23. The second kappa shape index (κ2) is 6.85. The molecule has 0 saturated heterocycles. The van der Waals surface area contributed by atoms with Crippen LogP contribution in [0.2, 0.25) is 5.02 Å². The molecule has 0 unspecified atom stereocenters. The molecule has 1 aromatic carbocycles. The molecule has 0 amide bonds. The molecule has 3 N–H and O–H groups in total. The number of thiophene rings is 1. The summed E-state index contributed by atoms with van der Waals surface area (Å²) >= 11 is 12.4. The lowest BCUT2D eigenvalue weighted by atomic mass is 10.2.